The van der Waals surface area contributed by atoms with Crippen LogP contribution < -0.4 is 5.32 Å². The number of carbonyl (C=O) groups excluding carboxylic acids is 2. The Kier molecular flexibility index (Phi) is 3.66. The summed E-state index contributed by atoms with van der Waals surface area (Å²) in [4.78, 5) is 22.9. The van der Waals surface area contributed by atoms with Gasteiger partial charge in [0.15, 0.2) is 11.5 Å². The second-order valence-corrected chi connectivity index (χ2v) is 3.45. The molecule has 1 atom stereocenters. The van der Waals surface area contributed by atoms with Gasteiger partial charge < -0.3 is 9.73 Å². The van der Waals surface area contributed by atoms with Crippen molar-refractivity contribution in [2.24, 2.45) is 0 Å². The van der Waals surface area contributed by atoms with Crippen LogP contribution in [0.3, 0.4) is 0 Å². The van der Waals surface area contributed by atoms with Crippen LogP contribution >= 0.6 is 0 Å². The maximum absolute atomic E-state index is 11.6. The van der Waals surface area contributed by atoms with E-state index in [9.17, 15) is 9.59 Å². The van der Waals surface area contributed by atoms with Crippen molar-refractivity contribution < 1.29 is 14.0 Å². The fourth-order valence-electron chi connectivity index (χ4n) is 1.25. The van der Waals surface area contributed by atoms with Gasteiger partial charge in [0.1, 0.15) is 0 Å². The van der Waals surface area contributed by atoms with E-state index in [4.69, 9.17) is 4.42 Å². The molecule has 0 saturated heterocycles. The second kappa shape index (κ2) is 4.77. The van der Waals surface area contributed by atoms with Gasteiger partial charge in [0.25, 0.3) is 5.91 Å². The van der Waals surface area contributed by atoms with Crippen LogP contribution in [0.15, 0.2) is 16.7 Å². The van der Waals surface area contributed by atoms with E-state index < -0.39 is 6.04 Å². The Hall–Kier alpha value is -1.58. The molecule has 1 heterocycles. The molecule has 0 aliphatic carbocycles. The molecule has 0 radical (unpaired) electrons. The number of hydrogen-bond donors (Lipinski definition) is 1. The molecule has 82 valence electrons. The number of hydrogen-bond acceptors (Lipinski definition) is 3. The van der Waals surface area contributed by atoms with Crippen molar-refractivity contribution in [2.75, 3.05) is 0 Å². The second-order valence-electron chi connectivity index (χ2n) is 3.45. The topological polar surface area (TPSA) is 59.3 Å². The minimum absolute atomic E-state index is 0.00700. The van der Waals surface area contributed by atoms with Crippen LogP contribution in [0.4, 0.5) is 0 Å². The zero-order valence-corrected chi connectivity index (χ0v) is 9.16. The van der Waals surface area contributed by atoms with Gasteiger partial charge in [0.05, 0.1) is 12.3 Å². The highest BCUT2D eigenvalue weighted by Gasteiger charge is 2.18. The summed E-state index contributed by atoms with van der Waals surface area (Å²) in [5.41, 5.74) is 0.767. The summed E-state index contributed by atoms with van der Waals surface area (Å²) in [6, 6.07) is 1.24. The van der Waals surface area contributed by atoms with Crippen LogP contribution in [-0.2, 0) is 4.79 Å². The molecule has 1 rings (SSSR count). The molecular formula is C11H15NO3. The fraction of sp³-hybridized carbons (Fsp3) is 0.455. The molecule has 1 N–H and O–H groups in total. The Bertz CT molecular complexity index is 368. The van der Waals surface area contributed by atoms with Gasteiger partial charge in [-0.25, -0.2) is 0 Å². The number of rotatable bonds is 4. The number of Topliss-reactive ketones (excluding diaryl/α,β-unsaturated/α-hetero) is 1. The molecule has 1 amide bonds. The Balaban J connectivity index is 2.64. The summed E-state index contributed by atoms with van der Waals surface area (Å²) >= 11 is 0. The highest BCUT2D eigenvalue weighted by molar-refractivity contribution is 5.96. The van der Waals surface area contributed by atoms with Crippen molar-refractivity contribution in [3.63, 3.8) is 0 Å². The van der Waals surface area contributed by atoms with E-state index >= 15 is 0 Å². The van der Waals surface area contributed by atoms with E-state index in [1.807, 2.05) is 0 Å². The number of nitrogens with one attached hydrogen (secondary N) is 1. The third-order valence-corrected chi connectivity index (χ3v) is 2.25. The lowest BCUT2D eigenvalue weighted by molar-refractivity contribution is -0.120. The largest absolute Gasteiger partial charge is 0.459 e. The molecule has 1 aromatic rings. The van der Waals surface area contributed by atoms with Crippen LogP contribution in [0, 0.1) is 6.92 Å². The highest BCUT2D eigenvalue weighted by Crippen LogP contribution is 2.08. The maximum atomic E-state index is 11.6. The quantitative estimate of drug-likeness (QED) is 0.820. The van der Waals surface area contributed by atoms with E-state index in [-0.39, 0.29) is 17.5 Å². The first-order valence-corrected chi connectivity index (χ1v) is 4.94. The van der Waals surface area contributed by atoms with Crippen LogP contribution in [-0.4, -0.2) is 17.7 Å². The van der Waals surface area contributed by atoms with Gasteiger partial charge in [0.2, 0.25) is 0 Å². The minimum atomic E-state index is -0.466. The van der Waals surface area contributed by atoms with Gasteiger partial charge in [0, 0.05) is 12.0 Å². The predicted molar refractivity (Wildman–Crippen MR) is 55.7 cm³/mol. The molecule has 4 nitrogen and oxygen atoms in total. The van der Waals surface area contributed by atoms with E-state index in [2.05, 4.69) is 5.32 Å². The summed E-state index contributed by atoms with van der Waals surface area (Å²) in [5.74, 6) is -0.0647. The van der Waals surface area contributed by atoms with Gasteiger partial charge >= 0.3 is 0 Å². The number of furan rings is 1. The van der Waals surface area contributed by atoms with E-state index in [0.717, 1.165) is 5.56 Å². The van der Waals surface area contributed by atoms with E-state index in [1.54, 1.807) is 26.8 Å². The predicted octanol–water partition coefficient (Wildman–Crippen LogP) is 1.69. The van der Waals surface area contributed by atoms with Crippen LogP contribution in [0.5, 0.6) is 0 Å². The lowest BCUT2D eigenvalue weighted by Gasteiger charge is -2.10. The molecule has 1 aromatic heterocycles. The normalized spacial score (nSPS) is 12.2. The summed E-state index contributed by atoms with van der Waals surface area (Å²) in [7, 11) is 0. The Morgan fingerprint density at radius 3 is 2.67 bits per heavy atom. The van der Waals surface area contributed by atoms with Crippen molar-refractivity contribution >= 4 is 11.7 Å². The SMILES string of the molecule is CCC(=O)C(C)NC(=O)c1occc1C. The standard InChI is InChI=1S/C11H15NO3/c1-4-9(13)8(3)12-11(14)10-7(2)5-6-15-10/h5-6,8H,4H2,1-3H3,(H,12,14). The number of carbonyl (C=O) groups is 2. The molecule has 0 saturated carbocycles. The first-order chi connectivity index (χ1) is 7.06. The summed E-state index contributed by atoms with van der Waals surface area (Å²) < 4.78 is 5.02. The molecule has 0 spiro atoms. The zero-order valence-electron chi connectivity index (χ0n) is 9.16. The van der Waals surface area contributed by atoms with Crippen molar-refractivity contribution in [1.82, 2.24) is 5.32 Å². The van der Waals surface area contributed by atoms with Gasteiger partial charge in [-0.05, 0) is 19.9 Å². The Morgan fingerprint density at radius 1 is 1.53 bits per heavy atom. The molecule has 0 bridgehead atoms. The van der Waals surface area contributed by atoms with Crippen LogP contribution in [0.2, 0.25) is 0 Å². The number of aryl methyl sites for hydroxylation is 1. The van der Waals surface area contributed by atoms with E-state index in [0.29, 0.717) is 6.42 Å². The minimum Gasteiger partial charge on any atom is -0.459 e. The molecule has 0 aliphatic rings. The maximum Gasteiger partial charge on any atom is 0.287 e. The zero-order chi connectivity index (χ0) is 11.4. The fourth-order valence-corrected chi connectivity index (χ4v) is 1.25. The molecule has 0 aromatic carbocycles. The average Bonchev–Trinajstić information content (AvgIpc) is 2.63. The van der Waals surface area contributed by atoms with Crippen molar-refractivity contribution in [3.8, 4) is 0 Å². The molecule has 0 aliphatic heterocycles. The molecule has 0 fully saturated rings. The first-order valence-electron chi connectivity index (χ1n) is 4.94. The Morgan fingerprint density at radius 2 is 2.20 bits per heavy atom. The lowest BCUT2D eigenvalue weighted by atomic mass is 10.1. The smallest absolute Gasteiger partial charge is 0.287 e. The van der Waals surface area contributed by atoms with Crippen molar-refractivity contribution in [2.45, 2.75) is 33.2 Å². The highest BCUT2D eigenvalue weighted by atomic mass is 16.3. The summed E-state index contributed by atoms with van der Waals surface area (Å²) in [6.45, 7) is 5.22. The molecular weight excluding hydrogens is 194 g/mol. The number of ketones is 1. The van der Waals surface area contributed by atoms with Gasteiger partial charge in [-0.1, -0.05) is 6.92 Å². The van der Waals surface area contributed by atoms with Crippen LogP contribution in [0.1, 0.15) is 36.4 Å². The van der Waals surface area contributed by atoms with Crippen molar-refractivity contribution in [3.05, 3.63) is 23.7 Å². The summed E-state index contributed by atoms with van der Waals surface area (Å²) in [6.07, 6.45) is 1.87. The molecule has 15 heavy (non-hydrogen) atoms. The van der Waals surface area contributed by atoms with Gasteiger partial charge in [-0.2, -0.15) is 0 Å². The van der Waals surface area contributed by atoms with E-state index in [1.165, 1.54) is 6.26 Å². The lowest BCUT2D eigenvalue weighted by Crippen LogP contribution is -2.38. The first kappa shape index (κ1) is 11.5. The van der Waals surface area contributed by atoms with Gasteiger partial charge in [-0.15, -0.1) is 0 Å². The third kappa shape index (κ3) is 2.68. The Labute approximate surface area is 88.7 Å². The third-order valence-electron chi connectivity index (χ3n) is 2.25. The molecule has 1 unspecified atom stereocenters. The van der Waals surface area contributed by atoms with Gasteiger partial charge in [-0.3, -0.25) is 9.59 Å². The van der Waals surface area contributed by atoms with Crippen LogP contribution in [0.25, 0.3) is 0 Å². The van der Waals surface area contributed by atoms with Crippen molar-refractivity contribution in [1.29, 1.82) is 0 Å². The molecule has 4 heteroatoms. The number of amides is 1. The monoisotopic (exact) mass is 209 g/mol. The summed E-state index contributed by atoms with van der Waals surface area (Å²) in [5, 5.41) is 2.59. The average molecular weight is 209 g/mol.